The summed E-state index contributed by atoms with van der Waals surface area (Å²) in [6.45, 7) is 3.32. The minimum Gasteiger partial charge on any atom is -0.464 e. The minimum absolute atomic E-state index is 0.219. The quantitative estimate of drug-likeness (QED) is 0.621. The molecule has 4 heteroatoms. The molecule has 0 amide bonds. The van der Waals surface area contributed by atoms with Gasteiger partial charge in [-0.15, -0.1) is 0 Å². The van der Waals surface area contributed by atoms with E-state index < -0.39 is 10.8 Å². The van der Waals surface area contributed by atoms with Crippen LogP contribution >= 0.6 is 0 Å². The van der Waals surface area contributed by atoms with Crippen molar-refractivity contribution in [2.45, 2.75) is 24.7 Å². The van der Waals surface area contributed by atoms with Gasteiger partial charge in [0.2, 0.25) is 0 Å². The molecule has 0 N–H and O–H groups in total. The zero-order chi connectivity index (χ0) is 20.9. The average Bonchev–Trinajstić information content (AvgIpc) is 2.77. The lowest BCUT2D eigenvalue weighted by atomic mass is 9.47. The summed E-state index contributed by atoms with van der Waals surface area (Å²) in [6, 6.07) is 24.7. The van der Waals surface area contributed by atoms with Crippen molar-refractivity contribution in [1.82, 2.24) is 0 Å². The molecule has 0 unspecified atom stereocenters. The Morgan fingerprint density at radius 3 is 1.00 bits per heavy atom. The summed E-state index contributed by atoms with van der Waals surface area (Å²) < 4.78 is 11.4. The van der Waals surface area contributed by atoms with Gasteiger partial charge in [0.05, 0.1) is 10.8 Å². The van der Waals surface area contributed by atoms with Crippen LogP contribution in [0.3, 0.4) is 0 Å². The molecule has 0 fully saturated rings. The molecule has 0 heterocycles. The number of hydrogen-bond acceptors (Lipinski definition) is 4. The summed E-state index contributed by atoms with van der Waals surface area (Å²) in [4.78, 5) is 23.7. The van der Waals surface area contributed by atoms with Crippen LogP contribution in [-0.2, 0) is 29.9 Å². The molecule has 150 valence electrons. The largest absolute Gasteiger partial charge is 0.464 e. The second-order valence-electron chi connectivity index (χ2n) is 8.01. The molecular formula is C26H22O4. The highest BCUT2D eigenvalue weighted by molar-refractivity contribution is 5.77. The molecular weight excluding hydrogens is 376 g/mol. The normalized spacial score (nSPS) is 22.5. The van der Waals surface area contributed by atoms with Gasteiger partial charge in [0.25, 0.3) is 0 Å². The van der Waals surface area contributed by atoms with Crippen LogP contribution in [0.15, 0.2) is 72.8 Å². The fourth-order valence-electron chi connectivity index (χ4n) is 5.44. The lowest BCUT2D eigenvalue weighted by molar-refractivity contribution is -0.143. The van der Waals surface area contributed by atoms with Gasteiger partial charge in [-0.3, -0.25) is 9.59 Å². The highest BCUT2D eigenvalue weighted by Gasteiger charge is 2.59. The van der Waals surface area contributed by atoms with Crippen molar-refractivity contribution in [2.24, 2.45) is 0 Å². The summed E-state index contributed by atoms with van der Waals surface area (Å²) in [6.07, 6.45) is 0. The molecule has 0 atom stereocenters. The van der Waals surface area contributed by atoms with Gasteiger partial charge in [0, 0.05) is 13.8 Å². The van der Waals surface area contributed by atoms with Crippen LogP contribution < -0.4 is 0 Å². The molecule has 0 saturated carbocycles. The molecule has 3 aromatic carbocycles. The van der Waals surface area contributed by atoms with Gasteiger partial charge in [-0.25, -0.2) is 0 Å². The van der Waals surface area contributed by atoms with E-state index in [1.54, 1.807) is 0 Å². The molecule has 3 aliphatic rings. The molecule has 3 aromatic rings. The third kappa shape index (κ3) is 2.28. The highest BCUT2D eigenvalue weighted by Crippen LogP contribution is 2.61. The van der Waals surface area contributed by atoms with Crippen molar-refractivity contribution in [1.29, 1.82) is 0 Å². The van der Waals surface area contributed by atoms with Gasteiger partial charge < -0.3 is 9.47 Å². The van der Waals surface area contributed by atoms with Crippen LogP contribution in [0.5, 0.6) is 0 Å². The molecule has 0 saturated heterocycles. The first-order valence-electron chi connectivity index (χ1n) is 10.1. The fraction of sp³-hybridized carbons (Fsp3) is 0.231. The monoisotopic (exact) mass is 398 g/mol. The van der Waals surface area contributed by atoms with E-state index in [-0.39, 0.29) is 25.2 Å². The predicted octanol–water partition coefficient (Wildman–Crippen LogP) is 4.11. The maximum atomic E-state index is 11.9. The van der Waals surface area contributed by atoms with Crippen molar-refractivity contribution < 1.29 is 19.1 Å². The van der Waals surface area contributed by atoms with Crippen LogP contribution in [0.2, 0.25) is 0 Å². The zero-order valence-electron chi connectivity index (χ0n) is 17.0. The molecule has 30 heavy (non-hydrogen) atoms. The number of ether oxygens (including phenoxy) is 2. The number of carbonyl (C=O) groups excluding carboxylic acids is 2. The molecule has 0 aromatic heterocycles. The molecule has 4 nitrogen and oxygen atoms in total. The summed E-state index contributed by atoms with van der Waals surface area (Å²) >= 11 is 0. The van der Waals surface area contributed by atoms with E-state index in [2.05, 4.69) is 36.4 Å². The zero-order valence-corrected chi connectivity index (χ0v) is 17.0. The SMILES string of the molecule is CC(=O)OCC12c3ccccc3C(COC(C)=O)(c3ccccc31)c1ccccc12. The van der Waals surface area contributed by atoms with Crippen molar-refractivity contribution in [3.8, 4) is 0 Å². The Morgan fingerprint density at radius 2 is 0.800 bits per heavy atom. The van der Waals surface area contributed by atoms with Gasteiger partial charge in [0.1, 0.15) is 13.2 Å². The van der Waals surface area contributed by atoms with E-state index in [0.717, 1.165) is 33.4 Å². The summed E-state index contributed by atoms with van der Waals surface area (Å²) in [7, 11) is 0. The van der Waals surface area contributed by atoms with Crippen LogP contribution in [0.25, 0.3) is 0 Å². The summed E-state index contributed by atoms with van der Waals surface area (Å²) in [5.41, 5.74) is 5.35. The number of hydrogen-bond donors (Lipinski definition) is 0. The molecule has 3 aliphatic carbocycles. The molecule has 0 aliphatic heterocycles. The standard InChI is InChI=1S/C26H22O4/c1-17(27)29-15-25-19-9-3-6-12-22(19)26(16-30-18(2)28,23-13-7-4-10-20(23)25)24-14-8-5-11-21(24)25/h3-14H,15-16H2,1-2H3. The van der Waals surface area contributed by atoms with Gasteiger partial charge in [-0.05, 0) is 33.4 Å². The summed E-state index contributed by atoms with van der Waals surface area (Å²) in [5, 5.41) is 0. The van der Waals surface area contributed by atoms with Crippen molar-refractivity contribution >= 4 is 11.9 Å². The molecule has 0 spiro atoms. The Labute approximate surface area is 175 Å². The first-order chi connectivity index (χ1) is 14.5. The lowest BCUT2D eigenvalue weighted by Gasteiger charge is -2.55. The smallest absolute Gasteiger partial charge is 0.302 e. The maximum absolute atomic E-state index is 11.9. The number of esters is 2. The minimum atomic E-state index is -0.604. The summed E-state index contributed by atoms with van der Waals surface area (Å²) in [5.74, 6) is -0.613. The maximum Gasteiger partial charge on any atom is 0.302 e. The molecule has 2 bridgehead atoms. The second kappa shape index (κ2) is 6.56. The van der Waals surface area contributed by atoms with Crippen molar-refractivity contribution in [2.75, 3.05) is 13.2 Å². The van der Waals surface area contributed by atoms with Gasteiger partial charge >= 0.3 is 11.9 Å². The van der Waals surface area contributed by atoms with E-state index in [1.807, 2.05) is 36.4 Å². The first kappa shape index (κ1) is 18.6. The van der Waals surface area contributed by atoms with E-state index >= 15 is 0 Å². The van der Waals surface area contributed by atoms with E-state index in [0.29, 0.717) is 0 Å². The molecule has 0 radical (unpaired) electrons. The van der Waals surface area contributed by atoms with Gasteiger partial charge in [-0.2, -0.15) is 0 Å². The molecule has 6 rings (SSSR count). The van der Waals surface area contributed by atoms with E-state index in [9.17, 15) is 9.59 Å². The Hall–Kier alpha value is -3.40. The van der Waals surface area contributed by atoms with E-state index in [4.69, 9.17) is 9.47 Å². The van der Waals surface area contributed by atoms with Gasteiger partial charge in [0.15, 0.2) is 0 Å². The van der Waals surface area contributed by atoms with E-state index in [1.165, 1.54) is 13.8 Å². The third-order valence-corrected chi connectivity index (χ3v) is 6.52. The first-order valence-corrected chi connectivity index (χ1v) is 10.1. The average molecular weight is 398 g/mol. The van der Waals surface area contributed by atoms with Crippen LogP contribution in [0.4, 0.5) is 0 Å². The Balaban J connectivity index is 1.90. The Bertz CT molecular complexity index is 967. The highest BCUT2D eigenvalue weighted by atomic mass is 16.5. The van der Waals surface area contributed by atoms with Crippen LogP contribution in [0.1, 0.15) is 47.2 Å². The van der Waals surface area contributed by atoms with Crippen molar-refractivity contribution in [3.05, 3.63) is 106 Å². The predicted molar refractivity (Wildman–Crippen MR) is 112 cm³/mol. The Kier molecular flexibility index (Phi) is 4.07. The number of rotatable bonds is 4. The topological polar surface area (TPSA) is 52.6 Å². The Morgan fingerprint density at radius 1 is 0.567 bits per heavy atom. The van der Waals surface area contributed by atoms with Crippen LogP contribution in [-0.4, -0.2) is 25.2 Å². The third-order valence-electron chi connectivity index (χ3n) is 6.52. The number of benzene rings is 3. The lowest BCUT2D eigenvalue weighted by Crippen LogP contribution is -2.54. The second-order valence-corrected chi connectivity index (χ2v) is 8.01. The van der Waals surface area contributed by atoms with Crippen molar-refractivity contribution in [3.63, 3.8) is 0 Å². The van der Waals surface area contributed by atoms with Gasteiger partial charge in [-0.1, -0.05) is 72.8 Å². The van der Waals surface area contributed by atoms with Crippen LogP contribution in [0, 0.1) is 0 Å². The number of carbonyl (C=O) groups is 2. The fourth-order valence-corrected chi connectivity index (χ4v) is 5.44.